The smallest absolute Gasteiger partial charge is 0.360 e. The second-order valence-electron chi connectivity index (χ2n) is 2.56. The normalized spacial score (nSPS) is 10.4. The Hall–Kier alpha value is -1.62. The Balaban J connectivity index is 2.72. The summed E-state index contributed by atoms with van der Waals surface area (Å²) in [5, 5.41) is 0.218. The lowest BCUT2D eigenvalue weighted by molar-refractivity contribution is 0.0595. The van der Waals surface area contributed by atoms with Crippen LogP contribution in [0.25, 0.3) is 5.65 Å². The fraction of sp³-hybridized carbons (Fsp3) is 0.125. The molecule has 2 rings (SSSR count). The molecule has 2 aromatic rings. The Bertz CT molecular complexity index is 494. The number of aromatic nitrogens is 3. The second kappa shape index (κ2) is 3.26. The summed E-state index contributed by atoms with van der Waals surface area (Å²) in [6.45, 7) is 0. The van der Waals surface area contributed by atoms with Gasteiger partial charge < -0.3 is 9.14 Å². The van der Waals surface area contributed by atoms with Crippen LogP contribution >= 0.6 is 11.6 Å². The molecule has 0 atom stereocenters. The van der Waals surface area contributed by atoms with Crippen molar-refractivity contribution in [2.45, 2.75) is 0 Å². The standard InChI is InChI=1S/C8H6ClN3O2/c1-14-8(13)6-7-10-2-3-12(7)4-5(9)11-6/h2-4H,1H3. The number of imidazole rings is 1. The van der Waals surface area contributed by atoms with E-state index in [1.165, 1.54) is 7.11 Å². The Kier molecular flexibility index (Phi) is 2.09. The van der Waals surface area contributed by atoms with Crippen LogP contribution in [0.1, 0.15) is 10.5 Å². The second-order valence-corrected chi connectivity index (χ2v) is 2.95. The van der Waals surface area contributed by atoms with E-state index in [-0.39, 0.29) is 10.8 Å². The highest BCUT2D eigenvalue weighted by atomic mass is 35.5. The van der Waals surface area contributed by atoms with E-state index in [0.29, 0.717) is 5.65 Å². The Morgan fingerprint density at radius 2 is 2.43 bits per heavy atom. The van der Waals surface area contributed by atoms with Crippen LogP contribution in [-0.4, -0.2) is 27.4 Å². The van der Waals surface area contributed by atoms with Gasteiger partial charge in [0, 0.05) is 18.6 Å². The van der Waals surface area contributed by atoms with Gasteiger partial charge in [-0.3, -0.25) is 0 Å². The molecule has 0 unspecified atom stereocenters. The van der Waals surface area contributed by atoms with E-state index in [9.17, 15) is 4.79 Å². The lowest BCUT2D eigenvalue weighted by Crippen LogP contribution is -2.07. The molecule has 72 valence electrons. The maximum atomic E-state index is 11.3. The number of ether oxygens (including phenoxy) is 1. The van der Waals surface area contributed by atoms with Gasteiger partial charge in [0.2, 0.25) is 0 Å². The molecule has 5 nitrogen and oxygen atoms in total. The first-order valence-corrected chi connectivity index (χ1v) is 4.17. The zero-order valence-electron chi connectivity index (χ0n) is 7.27. The van der Waals surface area contributed by atoms with Crippen molar-refractivity contribution in [3.63, 3.8) is 0 Å². The van der Waals surface area contributed by atoms with E-state index in [2.05, 4.69) is 14.7 Å². The fourth-order valence-corrected chi connectivity index (χ4v) is 1.32. The van der Waals surface area contributed by atoms with E-state index in [1.54, 1.807) is 23.0 Å². The number of carbonyl (C=O) groups excluding carboxylic acids is 1. The van der Waals surface area contributed by atoms with Gasteiger partial charge >= 0.3 is 5.97 Å². The van der Waals surface area contributed by atoms with Gasteiger partial charge in [0.05, 0.1) is 7.11 Å². The van der Waals surface area contributed by atoms with Gasteiger partial charge in [0.15, 0.2) is 11.3 Å². The lowest BCUT2D eigenvalue weighted by atomic mass is 10.4. The number of hydrogen-bond donors (Lipinski definition) is 0. The Morgan fingerprint density at radius 3 is 3.14 bits per heavy atom. The number of rotatable bonds is 1. The van der Waals surface area contributed by atoms with Gasteiger partial charge in [-0.15, -0.1) is 0 Å². The zero-order valence-corrected chi connectivity index (χ0v) is 8.02. The summed E-state index contributed by atoms with van der Waals surface area (Å²) in [5.41, 5.74) is 0.547. The molecular weight excluding hydrogens is 206 g/mol. The molecular formula is C8H6ClN3O2. The number of nitrogens with zero attached hydrogens (tertiary/aromatic N) is 3. The van der Waals surface area contributed by atoms with Crippen molar-refractivity contribution in [1.82, 2.24) is 14.4 Å². The maximum absolute atomic E-state index is 11.3. The molecule has 14 heavy (non-hydrogen) atoms. The molecule has 0 amide bonds. The first kappa shape index (κ1) is 8.96. The van der Waals surface area contributed by atoms with Crippen LogP contribution in [0, 0.1) is 0 Å². The summed E-state index contributed by atoms with van der Waals surface area (Å²) in [7, 11) is 1.28. The summed E-state index contributed by atoms with van der Waals surface area (Å²) >= 11 is 5.71. The number of fused-ring (bicyclic) bond motifs is 1. The zero-order chi connectivity index (χ0) is 10.1. The minimum atomic E-state index is -0.552. The van der Waals surface area contributed by atoms with Crippen LogP contribution in [0.5, 0.6) is 0 Å². The monoisotopic (exact) mass is 211 g/mol. The third kappa shape index (κ3) is 1.31. The molecule has 0 radical (unpaired) electrons. The van der Waals surface area contributed by atoms with Gasteiger partial charge in [0.25, 0.3) is 0 Å². The van der Waals surface area contributed by atoms with Crippen molar-refractivity contribution in [3.8, 4) is 0 Å². The van der Waals surface area contributed by atoms with Crippen molar-refractivity contribution in [2.75, 3.05) is 7.11 Å². The largest absolute Gasteiger partial charge is 0.464 e. The van der Waals surface area contributed by atoms with Crippen LogP contribution in [0.2, 0.25) is 5.15 Å². The summed E-state index contributed by atoms with van der Waals surface area (Å²) in [4.78, 5) is 19.1. The molecule has 0 saturated carbocycles. The molecule has 6 heteroatoms. The quantitative estimate of drug-likeness (QED) is 0.665. The lowest BCUT2D eigenvalue weighted by Gasteiger charge is -2.01. The van der Waals surface area contributed by atoms with Crippen LogP contribution in [-0.2, 0) is 4.74 Å². The molecule has 0 aliphatic heterocycles. The highest BCUT2D eigenvalue weighted by Crippen LogP contribution is 2.12. The van der Waals surface area contributed by atoms with E-state index in [1.807, 2.05) is 0 Å². The summed E-state index contributed by atoms with van der Waals surface area (Å²) in [5.74, 6) is -0.552. The Morgan fingerprint density at radius 1 is 1.64 bits per heavy atom. The van der Waals surface area contributed by atoms with Gasteiger partial charge in [-0.25, -0.2) is 14.8 Å². The van der Waals surface area contributed by atoms with Crippen LogP contribution in [0.4, 0.5) is 0 Å². The summed E-state index contributed by atoms with van der Waals surface area (Å²) in [6, 6.07) is 0. The number of esters is 1. The van der Waals surface area contributed by atoms with Crippen molar-refractivity contribution in [3.05, 3.63) is 29.4 Å². The predicted molar refractivity (Wildman–Crippen MR) is 49.3 cm³/mol. The molecule has 0 saturated heterocycles. The van der Waals surface area contributed by atoms with Gasteiger partial charge in [0.1, 0.15) is 5.15 Å². The van der Waals surface area contributed by atoms with E-state index in [4.69, 9.17) is 11.6 Å². The fourth-order valence-electron chi connectivity index (χ4n) is 1.13. The molecule has 2 heterocycles. The predicted octanol–water partition coefficient (Wildman–Crippen LogP) is 1.17. The van der Waals surface area contributed by atoms with Gasteiger partial charge in [-0.2, -0.15) is 0 Å². The van der Waals surface area contributed by atoms with Gasteiger partial charge in [-0.1, -0.05) is 11.6 Å². The first-order valence-electron chi connectivity index (χ1n) is 3.80. The van der Waals surface area contributed by atoms with E-state index < -0.39 is 5.97 Å². The summed E-state index contributed by atoms with van der Waals surface area (Å²) in [6.07, 6.45) is 4.80. The minimum Gasteiger partial charge on any atom is -0.464 e. The number of halogens is 1. The van der Waals surface area contributed by atoms with Gasteiger partial charge in [-0.05, 0) is 0 Å². The third-order valence-corrected chi connectivity index (χ3v) is 1.91. The molecule has 0 aliphatic carbocycles. The number of hydrogen-bond acceptors (Lipinski definition) is 4. The molecule has 0 aliphatic rings. The van der Waals surface area contributed by atoms with Crippen LogP contribution in [0.3, 0.4) is 0 Å². The van der Waals surface area contributed by atoms with E-state index >= 15 is 0 Å². The molecule has 0 fully saturated rings. The maximum Gasteiger partial charge on any atom is 0.360 e. The van der Waals surface area contributed by atoms with Crippen molar-refractivity contribution in [1.29, 1.82) is 0 Å². The van der Waals surface area contributed by atoms with Crippen molar-refractivity contribution in [2.24, 2.45) is 0 Å². The first-order chi connectivity index (χ1) is 6.72. The highest BCUT2D eigenvalue weighted by molar-refractivity contribution is 6.29. The third-order valence-electron chi connectivity index (χ3n) is 1.72. The highest BCUT2D eigenvalue weighted by Gasteiger charge is 2.14. The molecule has 0 N–H and O–H groups in total. The molecule has 2 aromatic heterocycles. The number of carbonyl (C=O) groups is 1. The van der Waals surface area contributed by atoms with Crippen LogP contribution < -0.4 is 0 Å². The summed E-state index contributed by atoms with van der Waals surface area (Å²) < 4.78 is 6.17. The molecule has 0 bridgehead atoms. The topological polar surface area (TPSA) is 56.5 Å². The molecule has 0 aromatic carbocycles. The van der Waals surface area contributed by atoms with Crippen molar-refractivity contribution >= 4 is 23.2 Å². The van der Waals surface area contributed by atoms with Crippen molar-refractivity contribution < 1.29 is 9.53 Å². The SMILES string of the molecule is COC(=O)c1nc(Cl)cn2ccnc12. The molecule has 0 spiro atoms. The Labute approximate surface area is 84.3 Å². The number of methoxy groups -OCH3 is 1. The average Bonchev–Trinajstić information content (AvgIpc) is 2.62. The average molecular weight is 212 g/mol. The van der Waals surface area contributed by atoms with Crippen LogP contribution in [0.15, 0.2) is 18.6 Å². The van der Waals surface area contributed by atoms with E-state index in [0.717, 1.165) is 0 Å². The minimum absolute atomic E-state index is 0.116.